The number of phenols is 1. The van der Waals surface area contributed by atoms with Crippen molar-refractivity contribution in [3.8, 4) is 5.75 Å². The van der Waals surface area contributed by atoms with Gasteiger partial charge in [-0.1, -0.05) is 0 Å². The van der Waals surface area contributed by atoms with Crippen molar-refractivity contribution in [3.63, 3.8) is 0 Å². The Morgan fingerprint density at radius 1 is 1.42 bits per heavy atom. The van der Waals surface area contributed by atoms with E-state index in [2.05, 4.69) is 12.6 Å². The monoisotopic (exact) mass is 194 g/mol. The van der Waals surface area contributed by atoms with Crippen molar-refractivity contribution >= 4 is 48.2 Å². The molecule has 0 aliphatic carbocycles. The SMILES string of the molecule is O=C(O)c1cc(S)ccc1O.[NaH]. The van der Waals surface area contributed by atoms with Crippen LogP contribution >= 0.6 is 12.6 Å². The van der Waals surface area contributed by atoms with Crippen LogP contribution < -0.4 is 0 Å². The maximum atomic E-state index is 10.4. The number of hydrogen-bond acceptors (Lipinski definition) is 3. The fourth-order valence-corrected chi connectivity index (χ4v) is 0.899. The third-order valence-corrected chi connectivity index (χ3v) is 1.49. The summed E-state index contributed by atoms with van der Waals surface area (Å²) < 4.78 is 0. The molecule has 5 heteroatoms. The van der Waals surface area contributed by atoms with E-state index < -0.39 is 5.97 Å². The molecule has 0 spiro atoms. The molecule has 0 saturated heterocycles. The molecule has 0 fully saturated rings. The molecular formula is C7H7NaO3S. The van der Waals surface area contributed by atoms with Crippen molar-refractivity contribution < 1.29 is 15.0 Å². The van der Waals surface area contributed by atoms with Gasteiger partial charge in [-0.05, 0) is 18.2 Å². The number of rotatable bonds is 1. The first-order chi connectivity index (χ1) is 5.11. The second kappa shape index (κ2) is 4.77. The Bertz CT molecular complexity index is 301. The summed E-state index contributed by atoms with van der Waals surface area (Å²) in [6.07, 6.45) is 0. The second-order valence-corrected chi connectivity index (χ2v) is 2.52. The van der Waals surface area contributed by atoms with Gasteiger partial charge in [0.15, 0.2) is 0 Å². The van der Waals surface area contributed by atoms with Crippen molar-refractivity contribution in [2.75, 3.05) is 0 Å². The molecule has 0 amide bonds. The maximum absolute atomic E-state index is 10.4. The van der Waals surface area contributed by atoms with Gasteiger partial charge in [-0.15, -0.1) is 12.6 Å². The topological polar surface area (TPSA) is 57.5 Å². The van der Waals surface area contributed by atoms with Crippen LogP contribution in [0.25, 0.3) is 0 Å². The van der Waals surface area contributed by atoms with E-state index in [1.54, 1.807) is 0 Å². The molecule has 0 saturated carbocycles. The zero-order valence-electron chi connectivity index (χ0n) is 5.48. The molecule has 1 aromatic rings. The number of benzene rings is 1. The van der Waals surface area contributed by atoms with Crippen molar-refractivity contribution in [2.45, 2.75) is 4.90 Å². The number of aromatic hydroxyl groups is 1. The first-order valence-electron chi connectivity index (χ1n) is 2.86. The van der Waals surface area contributed by atoms with Gasteiger partial charge in [-0.3, -0.25) is 0 Å². The second-order valence-electron chi connectivity index (χ2n) is 2.01. The molecule has 0 aromatic heterocycles. The quantitative estimate of drug-likeness (QED) is 0.456. The van der Waals surface area contributed by atoms with Gasteiger partial charge in [0.2, 0.25) is 0 Å². The molecule has 0 heterocycles. The summed E-state index contributed by atoms with van der Waals surface area (Å²) in [7, 11) is 0. The van der Waals surface area contributed by atoms with E-state index in [1.807, 2.05) is 0 Å². The summed E-state index contributed by atoms with van der Waals surface area (Å²) in [5.74, 6) is -1.39. The molecule has 12 heavy (non-hydrogen) atoms. The summed E-state index contributed by atoms with van der Waals surface area (Å²) in [6.45, 7) is 0. The van der Waals surface area contributed by atoms with Gasteiger partial charge in [0.05, 0.1) is 0 Å². The van der Waals surface area contributed by atoms with Crippen LogP contribution in [0.2, 0.25) is 0 Å². The molecule has 0 radical (unpaired) electrons. The van der Waals surface area contributed by atoms with Crippen molar-refractivity contribution in [3.05, 3.63) is 23.8 Å². The number of carbonyl (C=O) groups is 1. The van der Waals surface area contributed by atoms with Crippen LogP contribution in [0.4, 0.5) is 0 Å². The molecule has 0 aliphatic heterocycles. The van der Waals surface area contributed by atoms with E-state index >= 15 is 0 Å². The van der Waals surface area contributed by atoms with Crippen LogP contribution in [0, 0.1) is 0 Å². The summed E-state index contributed by atoms with van der Waals surface area (Å²) in [5, 5.41) is 17.5. The summed E-state index contributed by atoms with van der Waals surface area (Å²) in [5.41, 5.74) is -0.127. The Kier molecular flexibility index (Phi) is 4.70. The Morgan fingerprint density at radius 3 is 2.42 bits per heavy atom. The number of carboxylic acids is 1. The average molecular weight is 194 g/mol. The van der Waals surface area contributed by atoms with Crippen LogP contribution in [0.3, 0.4) is 0 Å². The average Bonchev–Trinajstić information content (AvgIpc) is 1.94. The molecule has 1 rings (SSSR count). The summed E-state index contributed by atoms with van der Waals surface area (Å²) in [6, 6.07) is 4.11. The normalized spacial score (nSPS) is 8.75. The van der Waals surface area contributed by atoms with Crippen molar-refractivity contribution in [1.29, 1.82) is 0 Å². The Labute approximate surface area is 97.1 Å². The van der Waals surface area contributed by atoms with Gasteiger partial charge in [0.25, 0.3) is 0 Å². The number of hydrogen-bond donors (Lipinski definition) is 3. The molecular weight excluding hydrogens is 187 g/mol. The molecule has 2 N–H and O–H groups in total. The Morgan fingerprint density at radius 2 is 2.00 bits per heavy atom. The predicted octanol–water partition coefficient (Wildman–Crippen LogP) is 0.731. The Hall–Kier alpha value is -0.160. The first kappa shape index (κ1) is 11.8. The third-order valence-electron chi connectivity index (χ3n) is 1.21. The van der Waals surface area contributed by atoms with Crippen LogP contribution in [-0.4, -0.2) is 45.7 Å². The fraction of sp³-hybridized carbons (Fsp3) is 0. The molecule has 0 bridgehead atoms. The van der Waals surface area contributed by atoms with E-state index in [1.165, 1.54) is 18.2 Å². The predicted molar refractivity (Wildman–Crippen MR) is 49.5 cm³/mol. The standard InChI is InChI=1S/C7H6O3S.Na.H/c8-6-2-1-4(11)3-5(6)7(9)10;;/h1-3,8,11H,(H,9,10);;. The minimum atomic E-state index is -1.15. The summed E-state index contributed by atoms with van der Waals surface area (Å²) in [4.78, 5) is 10.9. The zero-order valence-corrected chi connectivity index (χ0v) is 6.38. The summed E-state index contributed by atoms with van der Waals surface area (Å²) >= 11 is 3.92. The zero-order chi connectivity index (χ0) is 8.43. The van der Waals surface area contributed by atoms with E-state index in [0.717, 1.165) is 0 Å². The third kappa shape index (κ3) is 2.71. The van der Waals surface area contributed by atoms with Crippen molar-refractivity contribution in [1.82, 2.24) is 0 Å². The van der Waals surface area contributed by atoms with Crippen LogP contribution in [-0.2, 0) is 0 Å². The first-order valence-corrected chi connectivity index (χ1v) is 3.31. The molecule has 0 unspecified atom stereocenters. The van der Waals surface area contributed by atoms with Gasteiger partial charge in [0.1, 0.15) is 11.3 Å². The van der Waals surface area contributed by atoms with Gasteiger partial charge in [-0.25, -0.2) is 4.79 Å². The number of thiol groups is 1. The van der Waals surface area contributed by atoms with Gasteiger partial charge in [-0.2, -0.15) is 0 Å². The fourth-order valence-electron chi connectivity index (χ4n) is 0.695. The van der Waals surface area contributed by atoms with Crippen LogP contribution in [0.15, 0.2) is 23.1 Å². The van der Waals surface area contributed by atoms with Crippen LogP contribution in [0.1, 0.15) is 10.4 Å². The minimum absolute atomic E-state index is 0. The molecule has 60 valence electrons. The van der Waals surface area contributed by atoms with Gasteiger partial charge in [0, 0.05) is 4.90 Å². The van der Waals surface area contributed by atoms with Crippen LogP contribution in [0.5, 0.6) is 5.75 Å². The number of aromatic carboxylic acids is 1. The van der Waals surface area contributed by atoms with Gasteiger partial charge < -0.3 is 10.2 Å². The van der Waals surface area contributed by atoms with Gasteiger partial charge >= 0.3 is 35.5 Å². The molecule has 0 aliphatic rings. The molecule has 3 nitrogen and oxygen atoms in total. The molecule has 0 atom stereocenters. The number of carboxylic acid groups (broad SMARTS) is 1. The molecule has 1 aromatic carbocycles. The van der Waals surface area contributed by atoms with E-state index in [4.69, 9.17) is 10.2 Å². The Balaban J connectivity index is 0.00000121. The van der Waals surface area contributed by atoms with E-state index in [9.17, 15) is 4.79 Å². The van der Waals surface area contributed by atoms with E-state index in [-0.39, 0.29) is 40.9 Å². The van der Waals surface area contributed by atoms with Crippen molar-refractivity contribution in [2.24, 2.45) is 0 Å². The van der Waals surface area contributed by atoms with E-state index in [0.29, 0.717) is 4.90 Å².